The largest absolute Gasteiger partial charge is 0.304 e. The summed E-state index contributed by atoms with van der Waals surface area (Å²) in [5.41, 5.74) is 0.778. The quantitative estimate of drug-likeness (QED) is 0.398. The Morgan fingerprint density at radius 3 is 2.11 bits per heavy atom. The summed E-state index contributed by atoms with van der Waals surface area (Å²) in [7, 11) is 0. The van der Waals surface area contributed by atoms with E-state index >= 15 is 0 Å². The van der Waals surface area contributed by atoms with E-state index in [1.54, 1.807) is 0 Å². The molecule has 0 bridgehead atoms. The van der Waals surface area contributed by atoms with Crippen LogP contribution in [0.1, 0.15) is 19.3 Å². The topological polar surface area (TPSA) is 12.0 Å². The van der Waals surface area contributed by atoms with Crippen LogP contribution in [0.15, 0.2) is 0 Å². The van der Waals surface area contributed by atoms with Crippen LogP contribution in [-0.4, -0.2) is 10.6 Å². The molecule has 1 spiro atoms. The molecule has 1 saturated carbocycles. The van der Waals surface area contributed by atoms with Gasteiger partial charge in [0.15, 0.2) is 0 Å². The number of halogens is 2. The molecule has 0 aromatic carbocycles. The maximum absolute atomic E-state index is 3.39. The van der Waals surface area contributed by atoms with Crippen molar-refractivity contribution >= 4 is 35.0 Å². The number of rotatable bonds is 0. The summed E-state index contributed by atoms with van der Waals surface area (Å²) in [6, 6.07) is 0. The summed E-state index contributed by atoms with van der Waals surface area (Å²) in [6.07, 6.45) is 4.43. The van der Waals surface area contributed by atoms with Crippen LogP contribution in [0.2, 0.25) is 0 Å². The van der Waals surface area contributed by atoms with E-state index in [-0.39, 0.29) is 12.4 Å². The van der Waals surface area contributed by atoms with Crippen LogP contribution in [-0.2, 0) is 0 Å². The molecule has 0 amide bonds. The van der Waals surface area contributed by atoms with Crippen LogP contribution < -0.4 is 5.32 Å². The fourth-order valence-electron chi connectivity index (χ4n) is 1.53. The van der Waals surface area contributed by atoms with Crippen LogP contribution >= 0.6 is 35.0 Å². The van der Waals surface area contributed by atoms with E-state index in [4.69, 9.17) is 0 Å². The lowest BCUT2D eigenvalue weighted by Crippen LogP contribution is -2.62. The van der Waals surface area contributed by atoms with E-state index in [1.807, 2.05) is 0 Å². The molecule has 2 fully saturated rings. The third kappa shape index (κ3) is 0.994. The molecule has 2 aliphatic rings. The second-order valence-electron chi connectivity index (χ2n) is 2.96. The average Bonchev–Trinajstić information content (AvgIpc) is 1.58. The highest BCUT2D eigenvalue weighted by Crippen LogP contribution is 2.50. The summed E-state index contributed by atoms with van der Waals surface area (Å²) in [5, 5.41) is 3.39. The maximum Gasteiger partial charge on any atom is 0.0663 e. The molecule has 1 N–H and O–H groups in total. The van der Waals surface area contributed by atoms with Gasteiger partial charge in [0.05, 0.1) is 4.05 Å². The van der Waals surface area contributed by atoms with Gasteiger partial charge in [-0.25, -0.2) is 0 Å². The Labute approximate surface area is 75.5 Å². The predicted molar refractivity (Wildman–Crippen MR) is 49.3 cm³/mol. The third-order valence-electron chi connectivity index (χ3n) is 2.52. The van der Waals surface area contributed by atoms with Gasteiger partial charge in [0.2, 0.25) is 0 Å². The summed E-state index contributed by atoms with van der Waals surface area (Å²) in [6.45, 7) is 1.29. The Morgan fingerprint density at radius 1 is 1.44 bits per heavy atom. The van der Waals surface area contributed by atoms with Gasteiger partial charge in [0.1, 0.15) is 0 Å². The van der Waals surface area contributed by atoms with Crippen molar-refractivity contribution in [3.8, 4) is 0 Å². The van der Waals surface area contributed by atoms with Gasteiger partial charge in [-0.05, 0) is 12.8 Å². The second-order valence-corrected chi connectivity index (χ2v) is 4.21. The van der Waals surface area contributed by atoms with E-state index in [9.17, 15) is 0 Å². The molecule has 2 rings (SSSR count). The predicted octanol–water partition coefficient (Wildman–Crippen LogP) is 1.94. The van der Waals surface area contributed by atoms with Crippen molar-refractivity contribution in [2.24, 2.45) is 5.41 Å². The molecule has 1 heterocycles. The molecule has 1 aliphatic heterocycles. The molecule has 0 aromatic heterocycles. The van der Waals surface area contributed by atoms with Gasteiger partial charge in [0, 0.05) is 12.0 Å². The lowest BCUT2D eigenvalue weighted by molar-refractivity contribution is 0.0496. The van der Waals surface area contributed by atoms with E-state index < -0.39 is 0 Å². The molecule has 1 nitrogen and oxygen atoms in total. The summed E-state index contributed by atoms with van der Waals surface area (Å²) in [4.78, 5) is 0. The first-order valence-electron chi connectivity index (χ1n) is 3.21. The van der Waals surface area contributed by atoms with Crippen LogP contribution in [0.5, 0.6) is 0 Å². The minimum atomic E-state index is 0. The van der Waals surface area contributed by atoms with Gasteiger partial charge < -0.3 is 5.32 Å². The van der Waals surface area contributed by atoms with Crippen LogP contribution in [0, 0.1) is 5.41 Å². The first-order valence-corrected chi connectivity index (χ1v) is 4.46. The van der Waals surface area contributed by atoms with Crippen molar-refractivity contribution in [1.82, 2.24) is 5.32 Å². The van der Waals surface area contributed by atoms with Gasteiger partial charge in [-0.2, -0.15) is 0 Å². The van der Waals surface area contributed by atoms with Crippen molar-refractivity contribution in [1.29, 1.82) is 0 Å². The van der Waals surface area contributed by atoms with Crippen LogP contribution in [0.25, 0.3) is 0 Å². The Morgan fingerprint density at radius 2 is 2.11 bits per heavy atom. The Bertz CT molecular complexity index is 108. The molecule has 0 radical (unpaired) electrons. The summed E-state index contributed by atoms with van der Waals surface area (Å²) >= 11 is 2.51. The summed E-state index contributed by atoms with van der Waals surface area (Å²) in [5.74, 6) is 0. The Balaban J connectivity index is 0.000000405. The van der Waals surface area contributed by atoms with Gasteiger partial charge >= 0.3 is 0 Å². The maximum atomic E-state index is 3.39. The van der Waals surface area contributed by atoms with Crippen LogP contribution in [0.3, 0.4) is 0 Å². The minimum Gasteiger partial charge on any atom is -0.304 e. The monoisotopic (exact) mass is 259 g/mol. The zero-order valence-corrected chi connectivity index (χ0v) is 8.17. The molecular weight excluding hydrogens is 248 g/mol. The van der Waals surface area contributed by atoms with Gasteiger partial charge in [-0.1, -0.05) is 29.0 Å². The second kappa shape index (κ2) is 2.55. The molecule has 1 unspecified atom stereocenters. The highest BCUT2D eigenvalue weighted by atomic mass is 127. The van der Waals surface area contributed by atoms with Crippen molar-refractivity contribution in [3.05, 3.63) is 0 Å². The zero-order chi connectivity index (χ0) is 5.61. The van der Waals surface area contributed by atoms with Gasteiger partial charge in [0.25, 0.3) is 0 Å². The highest BCUT2D eigenvalue weighted by Gasteiger charge is 2.49. The zero-order valence-electron chi connectivity index (χ0n) is 5.19. The molecule has 1 saturated heterocycles. The Kier molecular flexibility index (Phi) is 2.29. The van der Waals surface area contributed by atoms with E-state index in [2.05, 4.69) is 27.9 Å². The molecule has 9 heavy (non-hydrogen) atoms. The fourth-order valence-corrected chi connectivity index (χ4v) is 2.59. The summed E-state index contributed by atoms with van der Waals surface area (Å²) < 4.78 is 0.800. The van der Waals surface area contributed by atoms with Crippen LogP contribution in [0.4, 0.5) is 0 Å². The molecular formula is C6H11ClIN. The molecule has 1 aliphatic carbocycles. The lowest BCUT2D eigenvalue weighted by atomic mass is 9.65. The van der Waals surface area contributed by atoms with Gasteiger partial charge in [-0.15, -0.1) is 12.4 Å². The number of alkyl halides is 1. The molecule has 0 aromatic rings. The Hall–Kier alpha value is 0.980. The standard InChI is InChI=1S/C6H10IN.ClH/c7-5-6(4-8-5)2-1-3-6;/h5,8H,1-4H2;1H. The first kappa shape index (κ1) is 8.08. The third-order valence-corrected chi connectivity index (χ3v) is 4.28. The van der Waals surface area contributed by atoms with Crippen molar-refractivity contribution in [3.63, 3.8) is 0 Å². The van der Waals surface area contributed by atoms with Crippen molar-refractivity contribution < 1.29 is 0 Å². The van der Waals surface area contributed by atoms with E-state index in [0.29, 0.717) is 0 Å². The van der Waals surface area contributed by atoms with Crippen molar-refractivity contribution in [2.75, 3.05) is 6.54 Å². The lowest BCUT2D eigenvalue weighted by Gasteiger charge is -2.54. The van der Waals surface area contributed by atoms with Crippen molar-refractivity contribution in [2.45, 2.75) is 23.3 Å². The average molecular weight is 260 g/mol. The normalized spacial score (nSPS) is 36.3. The number of hydrogen-bond donors (Lipinski definition) is 1. The fraction of sp³-hybridized carbons (Fsp3) is 1.00. The first-order chi connectivity index (χ1) is 3.83. The van der Waals surface area contributed by atoms with E-state index in [1.165, 1.54) is 25.8 Å². The smallest absolute Gasteiger partial charge is 0.0663 e. The number of hydrogen-bond acceptors (Lipinski definition) is 1. The minimum absolute atomic E-state index is 0. The molecule has 54 valence electrons. The van der Waals surface area contributed by atoms with Gasteiger partial charge in [-0.3, -0.25) is 0 Å². The number of nitrogens with one attached hydrogen (secondary N) is 1. The van der Waals surface area contributed by atoms with E-state index in [0.717, 1.165) is 9.46 Å². The highest BCUT2D eigenvalue weighted by molar-refractivity contribution is 14.1. The molecule has 3 heteroatoms. The SMILES string of the molecule is Cl.IC1NCC12CCC2. The molecule has 1 atom stereocenters.